The van der Waals surface area contributed by atoms with E-state index in [0.717, 1.165) is 17.1 Å². The van der Waals surface area contributed by atoms with Gasteiger partial charge in [0.25, 0.3) is 5.56 Å². The Morgan fingerprint density at radius 2 is 2.04 bits per heavy atom. The summed E-state index contributed by atoms with van der Waals surface area (Å²) in [6.07, 6.45) is 2.54. The minimum Gasteiger partial charge on any atom is -0.324 e. The number of carbonyl (C=O) groups excluding carboxylic acids is 2. The molecule has 0 atom stereocenters. The largest absolute Gasteiger partial charge is 0.328 e. The summed E-state index contributed by atoms with van der Waals surface area (Å²) in [6.45, 7) is 0.374. The van der Waals surface area contributed by atoms with Gasteiger partial charge >= 0.3 is 5.69 Å². The summed E-state index contributed by atoms with van der Waals surface area (Å²) >= 11 is 6.22. The zero-order chi connectivity index (χ0) is 18.0. The molecule has 1 aliphatic heterocycles. The number of halogens is 1. The second kappa shape index (κ2) is 6.94. The molecule has 0 aliphatic carbocycles. The van der Waals surface area contributed by atoms with E-state index in [1.807, 2.05) is 0 Å². The van der Waals surface area contributed by atoms with Crippen molar-refractivity contribution in [1.29, 1.82) is 0 Å². The molecule has 0 unspecified atom stereocenters. The molecular weight excluding hydrogens is 348 g/mol. The number of aromatic nitrogens is 2. The lowest BCUT2D eigenvalue weighted by atomic mass is 10.2. The fourth-order valence-corrected chi connectivity index (χ4v) is 2.91. The van der Waals surface area contributed by atoms with Crippen LogP contribution < -0.4 is 21.5 Å². The first-order valence-electron chi connectivity index (χ1n) is 7.63. The molecular formula is C16H15ClN4O4. The van der Waals surface area contributed by atoms with E-state index >= 15 is 0 Å². The fraction of sp³-hybridized carbons (Fsp3) is 0.250. The van der Waals surface area contributed by atoms with E-state index in [2.05, 4.69) is 10.3 Å². The molecule has 25 heavy (non-hydrogen) atoms. The van der Waals surface area contributed by atoms with Crippen molar-refractivity contribution in [2.24, 2.45) is 0 Å². The van der Waals surface area contributed by atoms with Crippen molar-refractivity contribution < 1.29 is 9.59 Å². The summed E-state index contributed by atoms with van der Waals surface area (Å²) in [5.41, 5.74) is -0.133. The quantitative estimate of drug-likeness (QED) is 0.845. The van der Waals surface area contributed by atoms with Crippen LogP contribution in [-0.2, 0) is 16.1 Å². The zero-order valence-corrected chi connectivity index (χ0v) is 13.9. The predicted molar refractivity (Wildman–Crippen MR) is 93.0 cm³/mol. The molecule has 2 aromatic rings. The van der Waals surface area contributed by atoms with Crippen LogP contribution >= 0.6 is 11.6 Å². The molecule has 1 aromatic heterocycles. The number of carbonyl (C=O) groups is 2. The smallest absolute Gasteiger partial charge is 0.324 e. The van der Waals surface area contributed by atoms with Gasteiger partial charge in [-0.2, -0.15) is 0 Å². The Morgan fingerprint density at radius 1 is 1.24 bits per heavy atom. The number of H-pyrrole nitrogens is 1. The first-order valence-corrected chi connectivity index (χ1v) is 8.01. The number of anilines is 2. The van der Waals surface area contributed by atoms with Crippen LogP contribution in [0.3, 0.4) is 0 Å². The van der Waals surface area contributed by atoms with Gasteiger partial charge < -0.3 is 10.2 Å². The average molecular weight is 363 g/mol. The van der Waals surface area contributed by atoms with E-state index < -0.39 is 17.2 Å². The maximum Gasteiger partial charge on any atom is 0.328 e. The van der Waals surface area contributed by atoms with Crippen LogP contribution in [0.25, 0.3) is 0 Å². The third kappa shape index (κ3) is 3.80. The molecule has 0 radical (unpaired) electrons. The highest BCUT2D eigenvalue weighted by Crippen LogP contribution is 2.31. The molecule has 3 rings (SSSR count). The monoisotopic (exact) mass is 362 g/mol. The lowest BCUT2D eigenvalue weighted by molar-refractivity contribution is -0.117. The number of rotatable bonds is 4. The third-order valence-corrected chi connectivity index (χ3v) is 4.11. The van der Waals surface area contributed by atoms with Gasteiger partial charge in [0.15, 0.2) is 0 Å². The number of aromatic amines is 1. The zero-order valence-electron chi connectivity index (χ0n) is 13.1. The summed E-state index contributed by atoms with van der Waals surface area (Å²) in [4.78, 5) is 50.1. The first-order chi connectivity index (χ1) is 11.9. The minimum atomic E-state index is -0.663. The molecule has 1 aliphatic rings. The topological polar surface area (TPSA) is 104 Å². The Hall–Kier alpha value is -2.87. The lowest BCUT2D eigenvalue weighted by Crippen LogP contribution is -2.32. The molecule has 0 saturated carbocycles. The first kappa shape index (κ1) is 17.0. The number of hydrogen-bond acceptors (Lipinski definition) is 4. The van der Waals surface area contributed by atoms with Gasteiger partial charge in [-0.3, -0.25) is 23.9 Å². The molecule has 9 heteroatoms. The molecule has 2 N–H and O–H groups in total. The van der Waals surface area contributed by atoms with Gasteiger partial charge in [-0.15, -0.1) is 0 Å². The van der Waals surface area contributed by atoms with Gasteiger partial charge in [-0.05, 0) is 24.6 Å². The molecule has 2 heterocycles. The number of amides is 2. The van der Waals surface area contributed by atoms with E-state index in [9.17, 15) is 19.2 Å². The normalized spacial score (nSPS) is 14.0. The second-order valence-corrected chi connectivity index (χ2v) is 6.01. The Bertz CT molecular complexity index is 950. The van der Waals surface area contributed by atoms with E-state index in [4.69, 9.17) is 11.6 Å². The van der Waals surface area contributed by atoms with Crippen molar-refractivity contribution in [1.82, 2.24) is 9.55 Å². The Kier molecular flexibility index (Phi) is 4.71. The van der Waals surface area contributed by atoms with Crippen LogP contribution in [0.2, 0.25) is 5.02 Å². The van der Waals surface area contributed by atoms with E-state index in [0.29, 0.717) is 29.4 Å². The van der Waals surface area contributed by atoms with Crippen LogP contribution in [0.15, 0.2) is 40.1 Å². The van der Waals surface area contributed by atoms with Crippen molar-refractivity contribution >= 4 is 34.8 Å². The van der Waals surface area contributed by atoms with Crippen LogP contribution in [0.4, 0.5) is 11.4 Å². The van der Waals surface area contributed by atoms with Crippen molar-refractivity contribution in [2.75, 3.05) is 16.8 Å². The summed E-state index contributed by atoms with van der Waals surface area (Å²) in [5, 5.41) is 2.98. The van der Waals surface area contributed by atoms with Crippen LogP contribution in [0, 0.1) is 0 Å². The maximum atomic E-state index is 12.1. The number of benzene rings is 1. The third-order valence-electron chi connectivity index (χ3n) is 3.81. The van der Waals surface area contributed by atoms with Crippen LogP contribution in [0.5, 0.6) is 0 Å². The van der Waals surface area contributed by atoms with Crippen molar-refractivity contribution in [3.63, 3.8) is 0 Å². The number of hydrogen-bond donors (Lipinski definition) is 2. The Labute approximate surface area is 147 Å². The van der Waals surface area contributed by atoms with Gasteiger partial charge in [-0.1, -0.05) is 11.6 Å². The highest BCUT2D eigenvalue weighted by Gasteiger charge is 2.23. The van der Waals surface area contributed by atoms with E-state index in [1.165, 1.54) is 6.20 Å². The molecule has 8 nitrogen and oxygen atoms in total. The van der Waals surface area contributed by atoms with E-state index in [1.54, 1.807) is 23.1 Å². The average Bonchev–Trinajstić information content (AvgIpc) is 2.96. The highest BCUT2D eigenvalue weighted by atomic mass is 35.5. The molecule has 130 valence electrons. The summed E-state index contributed by atoms with van der Waals surface area (Å²) in [5.74, 6) is -0.425. The van der Waals surface area contributed by atoms with Gasteiger partial charge in [0.05, 0.1) is 10.7 Å². The highest BCUT2D eigenvalue weighted by molar-refractivity contribution is 6.34. The fourth-order valence-electron chi connectivity index (χ4n) is 2.63. The number of nitrogens with one attached hydrogen (secondary N) is 2. The van der Waals surface area contributed by atoms with Gasteiger partial charge in [0.2, 0.25) is 11.8 Å². The lowest BCUT2D eigenvalue weighted by Gasteiger charge is -2.18. The number of nitrogens with zero attached hydrogens (tertiary/aromatic N) is 2. The van der Waals surface area contributed by atoms with E-state index in [-0.39, 0.29) is 12.5 Å². The predicted octanol–water partition coefficient (Wildman–Crippen LogP) is 0.955. The summed E-state index contributed by atoms with van der Waals surface area (Å²) in [6, 6.07) is 6.02. The maximum absolute atomic E-state index is 12.1. The molecule has 1 saturated heterocycles. The van der Waals surface area contributed by atoms with Gasteiger partial charge in [0.1, 0.15) is 6.54 Å². The van der Waals surface area contributed by atoms with Crippen molar-refractivity contribution in [2.45, 2.75) is 19.4 Å². The standard InChI is InChI=1S/C16H15ClN4O4/c17-11-8-10(3-4-12(11)21-6-1-2-15(21)24)18-14(23)9-20-7-5-13(22)19-16(20)25/h3-5,7-8H,1-2,6,9H2,(H,18,23)(H,19,22,25). The van der Waals surface area contributed by atoms with Crippen molar-refractivity contribution in [3.05, 3.63) is 56.3 Å². The Balaban J connectivity index is 1.71. The molecule has 1 fully saturated rings. The van der Waals surface area contributed by atoms with Gasteiger partial charge in [-0.25, -0.2) is 4.79 Å². The van der Waals surface area contributed by atoms with Crippen molar-refractivity contribution in [3.8, 4) is 0 Å². The molecule has 2 amide bonds. The van der Waals surface area contributed by atoms with Gasteiger partial charge in [0, 0.05) is 30.9 Å². The molecule has 1 aromatic carbocycles. The minimum absolute atomic E-state index is 0.0242. The SMILES string of the molecule is O=C(Cn1ccc(=O)[nH]c1=O)Nc1ccc(N2CCCC2=O)c(Cl)c1. The van der Waals surface area contributed by atoms with Crippen LogP contribution in [-0.4, -0.2) is 27.9 Å². The second-order valence-electron chi connectivity index (χ2n) is 5.60. The molecule has 0 bridgehead atoms. The Morgan fingerprint density at radius 3 is 2.68 bits per heavy atom. The molecule has 0 spiro atoms. The summed E-state index contributed by atoms with van der Waals surface area (Å²) in [7, 11) is 0. The summed E-state index contributed by atoms with van der Waals surface area (Å²) < 4.78 is 1.08. The van der Waals surface area contributed by atoms with Crippen LogP contribution in [0.1, 0.15) is 12.8 Å².